The van der Waals surface area contributed by atoms with Crippen LogP contribution in [0.4, 0.5) is 24.7 Å². The molecule has 3 aromatic rings. The lowest BCUT2D eigenvalue weighted by atomic mass is 10.1. The quantitative estimate of drug-likeness (QED) is 0.610. The summed E-state index contributed by atoms with van der Waals surface area (Å²) in [5.41, 5.74) is 0.277. The van der Waals surface area contributed by atoms with Gasteiger partial charge in [0.1, 0.15) is 5.82 Å². The number of anilines is 2. The summed E-state index contributed by atoms with van der Waals surface area (Å²) in [6.45, 7) is 1.66. The van der Waals surface area contributed by atoms with E-state index in [4.69, 9.17) is 4.74 Å². The monoisotopic (exact) mass is 416 g/mol. The minimum atomic E-state index is -4.50. The summed E-state index contributed by atoms with van der Waals surface area (Å²) in [7, 11) is 1.52. The number of halogens is 3. The minimum absolute atomic E-state index is 0.0546. The number of carbonyl (C=O) groups is 1. The molecule has 0 aliphatic carbocycles. The van der Waals surface area contributed by atoms with E-state index >= 15 is 0 Å². The fourth-order valence-corrected chi connectivity index (χ4v) is 2.82. The van der Waals surface area contributed by atoms with Crippen LogP contribution in [0.25, 0.3) is 0 Å². The molecule has 6 nitrogen and oxygen atoms in total. The summed E-state index contributed by atoms with van der Waals surface area (Å²) in [4.78, 5) is 21.0. The van der Waals surface area contributed by atoms with E-state index in [-0.39, 0.29) is 16.8 Å². The third-order valence-electron chi connectivity index (χ3n) is 4.41. The van der Waals surface area contributed by atoms with Crippen LogP contribution in [0.5, 0.6) is 5.88 Å². The highest BCUT2D eigenvalue weighted by Crippen LogP contribution is 2.34. The van der Waals surface area contributed by atoms with Gasteiger partial charge in [0.05, 0.1) is 18.2 Å². The van der Waals surface area contributed by atoms with Crippen molar-refractivity contribution < 1.29 is 22.7 Å². The number of carbonyl (C=O) groups excluding carboxylic acids is 1. The molecule has 0 aliphatic heterocycles. The van der Waals surface area contributed by atoms with Crippen molar-refractivity contribution in [1.82, 2.24) is 9.97 Å². The van der Waals surface area contributed by atoms with Gasteiger partial charge in [-0.15, -0.1) is 0 Å². The van der Waals surface area contributed by atoms with Gasteiger partial charge in [-0.25, -0.2) is 9.97 Å². The molecule has 2 heterocycles. The Labute approximate surface area is 171 Å². The Morgan fingerprint density at radius 1 is 1.10 bits per heavy atom. The molecule has 9 heteroatoms. The van der Waals surface area contributed by atoms with E-state index in [1.165, 1.54) is 32.4 Å². The fraction of sp³-hybridized carbons (Fsp3) is 0.190. The predicted octanol–water partition coefficient (Wildman–Crippen LogP) is 4.68. The van der Waals surface area contributed by atoms with Crippen LogP contribution in [-0.2, 0) is 12.7 Å². The summed E-state index contributed by atoms with van der Waals surface area (Å²) < 4.78 is 44.4. The largest absolute Gasteiger partial charge is 0.481 e. The second kappa shape index (κ2) is 8.81. The lowest BCUT2D eigenvalue weighted by Gasteiger charge is -2.15. The van der Waals surface area contributed by atoms with E-state index < -0.39 is 17.6 Å². The molecule has 3 rings (SSSR count). The number of rotatable bonds is 6. The summed E-state index contributed by atoms with van der Waals surface area (Å²) in [6, 6.07) is 10.3. The first kappa shape index (κ1) is 21.1. The third-order valence-corrected chi connectivity index (χ3v) is 4.41. The van der Waals surface area contributed by atoms with Crippen LogP contribution in [0.1, 0.15) is 27.0 Å². The van der Waals surface area contributed by atoms with Crippen molar-refractivity contribution >= 4 is 17.4 Å². The van der Waals surface area contributed by atoms with E-state index in [0.29, 0.717) is 18.2 Å². The zero-order chi connectivity index (χ0) is 21.7. The van der Waals surface area contributed by atoms with Gasteiger partial charge in [-0.1, -0.05) is 12.1 Å². The highest BCUT2D eigenvalue weighted by molar-refractivity contribution is 6.07. The maximum atomic E-state index is 13.1. The zero-order valence-electron chi connectivity index (χ0n) is 16.2. The number of nitrogens with one attached hydrogen (secondary N) is 2. The van der Waals surface area contributed by atoms with Crippen molar-refractivity contribution in [3.8, 4) is 5.88 Å². The summed E-state index contributed by atoms with van der Waals surface area (Å²) in [5.74, 6) is 0.212. The van der Waals surface area contributed by atoms with Gasteiger partial charge >= 0.3 is 6.18 Å². The molecule has 0 fully saturated rings. The van der Waals surface area contributed by atoms with Crippen molar-refractivity contribution in [2.75, 3.05) is 17.7 Å². The lowest BCUT2D eigenvalue weighted by molar-refractivity contribution is -0.138. The van der Waals surface area contributed by atoms with E-state index in [0.717, 1.165) is 11.6 Å². The van der Waals surface area contributed by atoms with E-state index in [9.17, 15) is 18.0 Å². The Hall–Kier alpha value is -3.62. The fourth-order valence-electron chi connectivity index (χ4n) is 2.82. The molecule has 0 atom stereocenters. The number of hydrogen-bond donors (Lipinski definition) is 2. The number of alkyl halides is 3. The van der Waals surface area contributed by atoms with Crippen molar-refractivity contribution in [3.63, 3.8) is 0 Å². The van der Waals surface area contributed by atoms with E-state index in [2.05, 4.69) is 20.6 Å². The van der Waals surface area contributed by atoms with Gasteiger partial charge in [-0.05, 0) is 42.3 Å². The number of benzene rings is 1. The number of amides is 1. The Morgan fingerprint density at radius 2 is 1.90 bits per heavy atom. The van der Waals surface area contributed by atoms with E-state index in [1.807, 2.05) is 6.07 Å². The first-order valence-electron chi connectivity index (χ1n) is 8.95. The molecule has 156 valence electrons. The molecular formula is C21H19F3N4O2. The average Bonchev–Trinajstić information content (AvgIpc) is 2.73. The third kappa shape index (κ3) is 4.86. The number of aromatic nitrogens is 2. The van der Waals surface area contributed by atoms with Gasteiger partial charge in [0.25, 0.3) is 5.91 Å². The Balaban J connectivity index is 1.77. The van der Waals surface area contributed by atoms with Crippen molar-refractivity contribution in [2.24, 2.45) is 0 Å². The van der Waals surface area contributed by atoms with Gasteiger partial charge in [0, 0.05) is 30.7 Å². The van der Waals surface area contributed by atoms with Crippen LogP contribution >= 0.6 is 0 Å². The van der Waals surface area contributed by atoms with Gasteiger partial charge in [-0.3, -0.25) is 4.79 Å². The Bertz CT molecular complexity index is 1040. The molecule has 0 saturated heterocycles. The molecule has 0 spiro atoms. The Kier molecular flexibility index (Phi) is 6.20. The summed E-state index contributed by atoms with van der Waals surface area (Å²) >= 11 is 0. The van der Waals surface area contributed by atoms with Crippen molar-refractivity contribution in [1.29, 1.82) is 0 Å². The predicted molar refractivity (Wildman–Crippen MR) is 106 cm³/mol. The highest BCUT2D eigenvalue weighted by atomic mass is 19.4. The Morgan fingerprint density at radius 3 is 2.57 bits per heavy atom. The number of pyridine rings is 2. The number of ether oxygens (including phenoxy) is 1. The molecule has 0 bridgehead atoms. The standard InChI is InChI=1S/C21H19F3N4O2/c1-13-16(21(22,23)24)6-3-7-17(13)28-20(29)15-5-4-10-25-19(15)27-12-14-8-9-18(30-2)26-11-14/h3-11H,12H2,1-2H3,(H,25,27)(H,28,29). The average molecular weight is 416 g/mol. The molecule has 1 amide bonds. The van der Waals surface area contributed by atoms with Crippen molar-refractivity contribution in [2.45, 2.75) is 19.6 Å². The maximum absolute atomic E-state index is 13.1. The molecule has 2 N–H and O–H groups in total. The summed E-state index contributed by atoms with van der Waals surface area (Å²) in [6.07, 6.45) is -1.36. The lowest BCUT2D eigenvalue weighted by Crippen LogP contribution is -2.17. The molecule has 1 aromatic carbocycles. The topological polar surface area (TPSA) is 76.1 Å². The van der Waals surface area contributed by atoms with Gasteiger partial charge in [0.15, 0.2) is 0 Å². The number of nitrogens with zero attached hydrogens (tertiary/aromatic N) is 2. The zero-order valence-corrected chi connectivity index (χ0v) is 16.2. The highest BCUT2D eigenvalue weighted by Gasteiger charge is 2.33. The molecule has 2 aromatic heterocycles. The first-order valence-corrected chi connectivity index (χ1v) is 8.95. The van der Waals surface area contributed by atoms with Crippen LogP contribution < -0.4 is 15.4 Å². The molecule has 0 radical (unpaired) electrons. The normalized spacial score (nSPS) is 11.1. The minimum Gasteiger partial charge on any atom is -0.481 e. The van der Waals surface area contributed by atoms with E-state index in [1.54, 1.807) is 24.4 Å². The maximum Gasteiger partial charge on any atom is 0.416 e. The second-order valence-electron chi connectivity index (χ2n) is 6.39. The van der Waals surface area contributed by atoms with Crippen LogP contribution in [0.3, 0.4) is 0 Å². The number of hydrogen-bond acceptors (Lipinski definition) is 5. The molecule has 0 saturated carbocycles. The van der Waals surface area contributed by atoms with Gasteiger partial charge in [-0.2, -0.15) is 13.2 Å². The molecule has 0 aliphatic rings. The van der Waals surface area contributed by atoms with Crippen molar-refractivity contribution in [3.05, 3.63) is 77.1 Å². The second-order valence-corrected chi connectivity index (χ2v) is 6.39. The van der Waals surface area contributed by atoms with Crippen LogP contribution in [-0.4, -0.2) is 23.0 Å². The smallest absolute Gasteiger partial charge is 0.416 e. The van der Waals surface area contributed by atoms with Crippen LogP contribution in [0.2, 0.25) is 0 Å². The van der Waals surface area contributed by atoms with Crippen LogP contribution in [0, 0.1) is 6.92 Å². The van der Waals surface area contributed by atoms with Crippen LogP contribution in [0.15, 0.2) is 54.9 Å². The molecule has 0 unspecified atom stereocenters. The number of methoxy groups -OCH3 is 1. The molecular weight excluding hydrogens is 397 g/mol. The van der Waals surface area contributed by atoms with Gasteiger partial charge in [0.2, 0.25) is 5.88 Å². The summed E-state index contributed by atoms with van der Waals surface area (Å²) in [5, 5.41) is 5.60. The SMILES string of the molecule is COc1ccc(CNc2ncccc2C(=O)Nc2cccc(C(F)(F)F)c2C)cn1. The first-order chi connectivity index (χ1) is 14.3. The van der Waals surface area contributed by atoms with Gasteiger partial charge < -0.3 is 15.4 Å². The molecule has 30 heavy (non-hydrogen) atoms.